The molecule has 0 aliphatic carbocycles. The van der Waals surface area contributed by atoms with Crippen LogP contribution in [0, 0.1) is 0 Å². The van der Waals surface area contributed by atoms with Crippen molar-refractivity contribution in [2.24, 2.45) is 5.73 Å². The van der Waals surface area contributed by atoms with Crippen LogP contribution in [0.25, 0.3) is 10.9 Å². The molecule has 0 saturated heterocycles. The van der Waals surface area contributed by atoms with Crippen molar-refractivity contribution in [3.63, 3.8) is 0 Å². The van der Waals surface area contributed by atoms with Crippen LogP contribution in [0.15, 0.2) is 24.4 Å². The van der Waals surface area contributed by atoms with Crippen molar-refractivity contribution < 1.29 is 0 Å². The number of hydrogen-bond donors (Lipinski definition) is 1. The lowest BCUT2D eigenvalue weighted by atomic mass is 10.0. The van der Waals surface area contributed by atoms with Gasteiger partial charge < -0.3 is 5.73 Å². The third-order valence-electron chi connectivity index (χ3n) is 2.60. The number of nitrogens with two attached hydrogens (primary N) is 1. The van der Waals surface area contributed by atoms with Gasteiger partial charge in [-0.1, -0.05) is 19.9 Å². The molecule has 0 spiro atoms. The maximum atomic E-state index is 5.50. The van der Waals surface area contributed by atoms with E-state index in [4.69, 9.17) is 5.73 Å². The van der Waals surface area contributed by atoms with Crippen molar-refractivity contribution in [1.29, 1.82) is 0 Å². The molecular formula is C12H17N3. The molecule has 80 valence electrons. The minimum Gasteiger partial charge on any atom is -0.329 e. The second-order valence-corrected chi connectivity index (χ2v) is 4.15. The van der Waals surface area contributed by atoms with E-state index < -0.39 is 0 Å². The summed E-state index contributed by atoms with van der Waals surface area (Å²) in [6.07, 6.45) is 2.06. The van der Waals surface area contributed by atoms with Crippen LogP contribution in [0.2, 0.25) is 0 Å². The molecule has 0 unspecified atom stereocenters. The van der Waals surface area contributed by atoms with Gasteiger partial charge in [0.1, 0.15) is 0 Å². The van der Waals surface area contributed by atoms with Crippen LogP contribution >= 0.6 is 0 Å². The first-order valence-corrected chi connectivity index (χ1v) is 5.38. The highest BCUT2D eigenvalue weighted by atomic mass is 15.3. The molecule has 3 heteroatoms. The quantitative estimate of drug-likeness (QED) is 0.830. The van der Waals surface area contributed by atoms with Gasteiger partial charge in [-0.05, 0) is 23.6 Å². The fourth-order valence-corrected chi connectivity index (χ4v) is 1.70. The molecule has 2 rings (SSSR count). The average molecular weight is 203 g/mol. The molecule has 0 bridgehead atoms. The standard InChI is InChI=1S/C12H17N3/c1-9(2)10-3-4-12-11(7-10)8-15(14-12)6-5-13/h3-4,7-9H,5-6,13H2,1-2H3. The van der Waals surface area contributed by atoms with Crippen LogP contribution in [0.3, 0.4) is 0 Å². The zero-order chi connectivity index (χ0) is 10.8. The molecule has 0 atom stereocenters. The predicted octanol–water partition coefficient (Wildman–Crippen LogP) is 2.12. The van der Waals surface area contributed by atoms with Crippen molar-refractivity contribution >= 4 is 10.9 Å². The van der Waals surface area contributed by atoms with Crippen molar-refractivity contribution in [1.82, 2.24) is 9.78 Å². The molecule has 2 aromatic rings. The van der Waals surface area contributed by atoms with Crippen LogP contribution < -0.4 is 5.73 Å². The highest BCUT2D eigenvalue weighted by molar-refractivity contribution is 5.78. The molecule has 1 aromatic carbocycles. The van der Waals surface area contributed by atoms with Crippen molar-refractivity contribution in [3.8, 4) is 0 Å². The fourth-order valence-electron chi connectivity index (χ4n) is 1.70. The van der Waals surface area contributed by atoms with Crippen LogP contribution in [0.1, 0.15) is 25.3 Å². The average Bonchev–Trinajstić information content (AvgIpc) is 2.59. The van der Waals surface area contributed by atoms with Gasteiger partial charge >= 0.3 is 0 Å². The smallest absolute Gasteiger partial charge is 0.0923 e. The minimum atomic E-state index is 0.562. The molecule has 0 aliphatic heterocycles. The van der Waals surface area contributed by atoms with E-state index in [1.54, 1.807) is 0 Å². The summed E-state index contributed by atoms with van der Waals surface area (Å²) in [6, 6.07) is 6.44. The maximum absolute atomic E-state index is 5.50. The van der Waals surface area contributed by atoms with Gasteiger partial charge in [0, 0.05) is 18.1 Å². The Bertz CT molecular complexity index is 457. The zero-order valence-electron chi connectivity index (χ0n) is 9.27. The summed E-state index contributed by atoms with van der Waals surface area (Å²) >= 11 is 0. The van der Waals surface area contributed by atoms with E-state index >= 15 is 0 Å². The largest absolute Gasteiger partial charge is 0.329 e. The number of hydrogen-bond acceptors (Lipinski definition) is 2. The minimum absolute atomic E-state index is 0.562. The Kier molecular flexibility index (Phi) is 2.73. The number of benzene rings is 1. The summed E-state index contributed by atoms with van der Waals surface area (Å²) < 4.78 is 1.91. The maximum Gasteiger partial charge on any atom is 0.0923 e. The first-order chi connectivity index (χ1) is 7.20. The number of fused-ring (bicyclic) bond motifs is 1. The van der Waals surface area contributed by atoms with E-state index in [2.05, 4.69) is 43.3 Å². The Morgan fingerprint density at radius 3 is 2.87 bits per heavy atom. The van der Waals surface area contributed by atoms with Gasteiger partial charge in [0.25, 0.3) is 0 Å². The SMILES string of the molecule is CC(C)c1ccc2nn(CCN)cc2c1. The van der Waals surface area contributed by atoms with Crippen molar-refractivity contribution in [2.75, 3.05) is 6.54 Å². The summed E-state index contributed by atoms with van der Waals surface area (Å²) in [4.78, 5) is 0. The zero-order valence-corrected chi connectivity index (χ0v) is 9.27. The Morgan fingerprint density at radius 2 is 2.20 bits per heavy atom. The van der Waals surface area contributed by atoms with Gasteiger partial charge in [-0.3, -0.25) is 4.68 Å². The predicted molar refractivity (Wildman–Crippen MR) is 62.9 cm³/mol. The van der Waals surface area contributed by atoms with E-state index in [1.807, 2.05) is 4.68 Å². The van der Waals surface area contributed by atoms with Gasteiger partial charge in [-0.2, -0.15) is 5.10 Å². The number of nitrogens with zero attached hydrogens (tertiary/aromatic N) is 2. The summed E-state index contributed by atoms with van der Waals surface area (Å²) in [6.45, 7) is 5.81. The molecule has 1 heterocycles. The molecule has 0 amide bonds. The second-order valence-electron chi connectivity index (χ2n) is 4.15. The molecular weight excluding hydrogens is 186 g/mol. The first-order valence-electron chi connectivity index (χ1n) is 5.38. The second kappa shape index (κ2) is 4.03. The lowest BCUT2D eigenvalue weighted by molar-refractivity contribution is 0.632. The van der Waals surface area contributed by atoms with E-state index in [0.29, 0.717) is 12.5 Å². The molecule has 2 N–H and O–H groups in total. The van der Waals surface area contributed by atoms with Crippen LogP contribution in [0.5, 0.6) is 0 Å². The highest BCUT2D eigenvalue weighted by Gasteiger charge is 2.03. The number of rotatable bonds is 3. The Balaban J connectivity index is 2.43. The molecule has 0 radical (unpaired) electrons. The molecule has 1 aromatic heterocycles. The molecule has 0 aliphatic rings. The third-order valence-corrected chi connectivity index (χ3v) is 2.60. The first kappa shape index (κ1) is 10.2. The highest BCUT2D eigenvalue weighted by Crippen LogP contribution is 2.20. The molecule has 0 fully saturated rings. The Hall–Kier alpha value is -1.35. The lowest BCUT2D eigenvalue weighted by Gasteiger charge is -2.03. The van der Waals surface area contributed by atoms with E-state index in [1.165, 1.54) is 10.9 Å². The van der Waals surface area contributed by atoms with Crippen LogP contribution in [-0.4, -0.2) is 16.3 Å². The molecule has 3 nitrogen and oxygen atoms in total. The Morgan fingerprint density at radius 1 is 1.40 bits per heavy atom. The lowest BCUT2D eigenvalue weighted by Crippen LogP contribution is -2.09. The fraction of sp³-hybridized carbons (Fsp3) is 0.417. The van der Waals surface area contributed by atoms with Crippen LogP contribution in [-0.2, 0) is 6.54 Å². The number of aromatic nitrogens is 2. The van der Waals surface area contributed by atoms with Crippen LogP contribution in [0.4, 0.5) is 0 Å². The third kappa shape index (κ3) is 2.02. The summed E-state index contributed by atoms with van der Waals surface area (Å²) in [7, 11) is 0. The summed E-state index contributed by atoms with van der Waals surface area (Å²) in [5.41, 5.74) is 7.90. The van der Waals surface area contributed by atoms with Crippen molar-refractivity contribution in [2.45, 2.75) is 26.3 Å². The van der Waals surface area contributed by atoms with Crippen molar-refractivity contribution in [3.05, 3.63) is 30.0 Å². The van der Waals surface area contributed by atoms with E-state index in [9.17, 15) is 0 Å². The van der Waals surface area contributed by atoms with Gasteiger partial charge in [-0.25, -0.2) is 0 Å². The summed E-state index contributed by atoms with van der Waals surface area (Å²) in [5, 5.41) is 5.64. The molecule has 15 heavy (non-hydrogen) atoms. The topological polar surface area (TPSA) is 43.8 Å². The summed E-state index contributed by atoms with van der Waals surface area (Å²) in [5.74, 6) is 0.562. The van der Waals surface area contributed by atoms with E-state index in [0.717, 1.165) is 12.1 Å². The Labute approximate surface area is 89.9 Å². The van der Waals surface area contributed by atoms with Gasteiger partial charge in [0.15, 0.2) is 0 Å². The van der Waals surface area contributed by atoms with E-state index in [-0.39, 0.29) is 0 Å². The van der Waals surface area contributed by atoms with Gasteiger partial charge in [0.05, 0.1) is 12.1 Å². The molecule has 0 saturated carbocycles. The monoisotopic (exact) mass is 203 g/mol. The van der Waals surface area contributed by atoms with Gasteiger partial charge in [0.2, 0.25) is 0 Å². The normalized spacial score (nSPS) is 11.5. The van der Waals surface area contributed by atoms with Gasteiger partial charge in [-0.15, -0.1) is 0 Å².